The molecule has 0 aliphatic carbocycles. The molecule has 1 aromatic carbocycles. The van der Waals surface area contributed by atoms with Gasteiger partial charge in [-0.1, -0.05) is 11.3 Å². The van der Waals surface area contributed by atoms with Gasteiger partial charge in [-0.05, 0) is 24.3 Å². The number of thiazole rings is 1. The predicted octanol–water partition coefficient (Wildman–Crippen LogP) is 2.06. The molecule has 2 heterocycles. The van der Waals surface area contributed by atoms with E-state index in [9.17, 15) is 0 Å². The highest BCUT2D eigenvalue weighted by atomic mass is 32.1. The number of hydrogen-bond acceptors (Lipinski definition) is 6. The molecule has 3 rings (SSSR count). The second-order valence-electron chi connectivity index (χ2n) is 4.72. The van der Waals surface area contributed by atoms with Crippen molar-refractivity contribution in [2.75, 3.05) is 48.8 Å². The van der Waals surface area contributed by atoms with E-state index in [0.717, 1.165) is 42.1 Å². The molecule has 1 aromatic heterocycles. The van der Waals surface area contributed by atoms with Gasteiger partial charge in [-0.25, -0.2) is 4.98 Å². The van der Waals surface area contributed by atoms with E-state index in [4.69, 9.17) is 10.5 Å². The van der Waals surface area contributed by atoms with Crippen LogP contribution < -0.4 is 20.3 Å². The molecule has 0 unspecified atom stereocenters. The molecule has 2 aromatic rings. The lowest BCUT2D eigenvalue weighted by Crippen LogP contribution is -2.46. The van der Waals surface area contributed by atoms with Crippen LogP contribution in [0.4, 0.5) is 15.8 Å². The average Bonchev–Trinajstić information content (AvgIpc) is 2.94. The summed E-state index contributed by atoms with van der Waals surface area (Å²) >= 11 is 1.55. The topological polar surface area (TPSA) is 54.6 Å². The Morgan fingerprint density at radius 3 is 2.30 bits per heavy atom. The number of rotatable bonds is 3. The Kier molecular flexibility index (Phi) is 3.64. The Bertz CT molecular complexity index is 561. The Morgan fingerprint density at radius 2 is 1.75 bits per heavy atom. The monoisotopic (exact) mass is 290 g/mol. The van der Waals surface area contributed by atoms with Crippen LogP contribution in [0.3, 0.4) is 0 Å². The van der Waals surface area contributed by atoms with Crippen molar-refractivity contribution in [3.05, 3.63) is 30.5 Å². The van der Waals surface area contributed by atoms with Gasteiger partial charge in [-0.2, -0.15) is 0 Å². The maximum atomic E-state index is 5.74. The zero-order valence-corrected chi connectivity index (χ0v) is 12.3. The lowest BCUT2D eigenvalue weighted by molar-refractivity contribution is 0.415. The van der Waals surface area contributed by atoms with Gasteiger partial charge in [0.15, 0.2) is 5.13 Å². The van der Waals surface area contributed by atoms with Gasteiger partial charge in [-0.3, -0.25) is 0 Å². The van der Waals surface area contributed by atoms with Crippen LogP contribution in [-0.2, 0) is 0 Å². The maximum absolute atomic E-state index is 5.74. The van der Waals surface area contributed by atoms with Gasteiger partial charge < -0.3 is 20.3 Å². The van der Waals surface area contributed by atoms with E-state index in [1.165, 1.54) is 5.69 Å². The van der Waals surface area contributed by atoms with Crippen molar-refractivity contribution in [2.45, 2.75) is 0 Å². The van der Waals surface area contributed by atoms with Crippen LogP contribution in [-0.4, -0.2) is 38.3 Å². The first-order valence-corrected chi connectivity index (χ1v) is 7.43. The van der Waals surface area contributed by atoms with E-state index in [2.05, 4.69) is 26.9 Å². The molecule has 0 atom stereocenters. The van der Waals surface area contributed by atoms with Crippen LogP contribution >= 0.6 is 11.3 Å². The zero-order chi connectivity index (χ0) is 13.9. The van der Waals surface area contributed by atoms with Gasteiger partial charge >= 0.3 is 0 Å². The molecule has 0 bridgehead atoms. The van der Waals surface area contributed by atoms with Gasteiger partial charge in [0.05, 0.1) is 13.3 Å². The Balaban J connectivity index is 1.63. The molecule has 5 nitrogen and oxygen atoms in total. The summed E-state index contributed by atoms with van der Waals surface area (Å²) in [5, 5.41) is 1.80. The molecule has 0 radical (unpaired) electrons. The van der Waals surface area contributed by atoms with E-state index in [1.807, 2.05) is 12.1 Å². The summed E-state index contributed by atoms with van der Waals surface area (Å²) in [6.45, 7) is 3.93. The fourth-order valence-corrected chi connectivity index (χ4v) is 3.11. The predicted molar refractivity (Wildman–Crippen MR) is 83.9 cm³/mol. The maximum Gasteiger partial charge on any atom is 0.187 e. The van der Waals surface area contributed by atoms with Crippen LogP contribution in [0.25, 0.3) is 0 Å². The van der Waals surface area contributed by atoms with Gasteiger partial charge in [0.2, 0.25) is 0 Å². The van der Waals surface area contributed by atoms with Crippen LogP contribution in [0.1, 0.15) is 0 Å². The molecule has 0 spiro atoms. The number of nitrogen functional groups attached to an aromatic ring is 1. The van der Waals surface area contributed by atoms with E-state index >= 15 is 0 Å². The molecule has 0 saturated carbocycles. The van der Waals surface area contributed by atoms with Crippen LogP contribution in [0, 0.1) is 0 Å². The number of anilines is 3. The highest BCUT2D eigenvalue weighted by Gasteiger charge is 2.19. The van der Waals surface area contributed by atoms with Gasteiger partial charge in [0.25, 0.3) is 0 Å². The fraction of sp³-hybridized carbons (Fsp3) is 0.357. The van der Waals surface area contributed by atoms with Crippen molar-refractivity contribution in [3.63, 3.8) is 0 Å². The molecule has 1 fully saturated rings. The molecule has 20 heavy (non-hydrogen) atoms. The highest BCUT2D eigenvalue weighted by molar-refractivity contribution is 7.19. The molecular weight excluding hydrogens is 272 g/mol. The third-order valence-corrected chi connectivity index (χ3v) is 4.39. The summed E-state index contributed by atoms with van der Waals surface area (Å²) in [7, 11) is 1.69. The minimum absolute atomic E-state index is 0.776. The molecule has 6 heteroatoms. The molecule has 0 amide bonds. The molecular formula is C14H18N4OS. The number of benzene rings is 1. The van der Waals surface area contributed by atoms with Crippen molar-refractivity contribution in [1.29, 1.82) is 0 Å². The normalized spacial score (nSPS) is 15.4. The Labute approximate surface area is 122 Å². The summed E-state index contributed by atoms with van der Waals surface area (Å²) in [6, 6.07) is 8.22. The van der Waals surface area contributed by atoms with E-state index in [1.54, 1.807) is 24.6 Å². The molecule has 1 saturated heterocycles. The molecule has 2 N–H and O–H groups in total. The Morgan fingerprint density at radius 1 is 1.10 bits per heavy atom. The number of piperazine rings is 1. The first kappa shape index (κ1) is 13.1. The molecule has 1 aliphatic rings. The standard InChI is InChI=1S/C14H18N4OS/c1-19-12-4-2-11(3-5-12)17-6-8-18(9-7-17)14-16-10-13(15)20-14/h2-5,10H,6-9,15H2,1H3. The Hall–Kier alpha value is -1.95. The summed E-state index contributed by atoms with van der Waals surface area (Å²) in [5.74, 6) is 0.894. The van der Waals surface area contributed by atoms with E-state index in [0.29, 0.717) is 0 Å². The first-order valence-electron chi connectivity index (χ1n) is 6.61. The summed E-state index contributed by atoms with van der Waals surface area (Å²) < 4.78 is 5.19. The molecule has 1 aliphatic heterocycles. The van der Waals surface area contributed by atoms with Gasteiger partial charge in [0, 0.05) is 31.9 Å². The largest absolute Gasteiger partial charge is 0.497 e. The first-order chi connectivity index (χ1) is 9.76. The SMILES string of the molecule is COc1ccc(N2CCN(c3ncc(N)s3)CC2)cc1. The fourth-order valence-electron chi connectivity index (χ4n) is 2.37. The smallest absolute Gasteiger partial charge is 0.187 e. The number of nitrogens with two attached hydrogens (primary N) is 1. The average molecular weight is 290 g/mol. The minimum Gasteiger partial charge on any atom is -0.497 e. The zero-order valence-electron chi connectivity index (χ0n) is 11.5. The van der Waals surface area contributed by atoms with Crippen molar-refractivity contribution < 1.29 is 4.74 Å². The van der Waals surface area contributed by atoms with E-state index < -0.39 is 0 Å². The van der Waals surface area contributed by atoms with E-state index in [-0.39, 0.29) is 0 Å². The third-order valence-electron chi connectivity index (χ3n) is 3.50. The van der Waals surface area contributed by atoms with Crippen molar-refractivity contribution in [2.24, 2.45) is 0 Å². The number of ether oxygens (including phenoxy) is 1. The third kappa shape index (κ3) is 2.65. The quantitative estimate of drug-likeness (QED) is 0.937. The van der Waals surface area contributed by atoms with Crippen LogP contribution in [0.5, 0.6) is 5.75 Å². The van der Waals surface area contributed by atoms with Crippen molar-refractivity contribution >= 4 is 27.2 Å². The van der Waals surface area contributed by atoms with Crippen molar-refractivity contribution in [3.8, 4) is 5.75 Å². The lowest BCUT2D eigenvalue weighted by Gasteiger charge is -2.36. The minimum atomic E-state index is 0.776. The van der Waals surface area contributed by atoms with Gasteiger partial charge in [0.1, 0.15) is 10.8 Å². The van der Waals surface area contributed by atoms with Gasteiger partial charge in [-0.15, -0.1) is 0 Å². The highest BCUT2D eigenvalue weighted by Crippen LogP contribution is 2.26. The van der Waals surface area contributed by atoms with Crippen LogP contribution in [0.15, 0.2) is 30.5 Å². The summed E-state index contributed by atoms with van der Waals surface area (Å²) in [5.41, 5.74) is 6.98. The second-order valence-corrected chi connectivity index (χ2v) is 5.76. The number of methoxy groups -OCH3 is 1. The summed E-state index contributed by atoms with van der Waals surface area (Å²) in [6.07, 6.45) is 1.73. The number of hydrogen-bond donors (Lipinski definition) is 1. The summed E-state index contributed by atoms with van der Waals surface area (Å²) in [4.78, 5) is 9.02. The van der Waals surface area contributed by atoms with Crippen molar-refractivity contribution in [1.82, 2.24) is 4.98 Å². The lowest BCUT2D eigenvalue weighted by atomic mass is 10.2. The number of aromatic nitrogens is 1. The van der Waals surface area contributed by atoms with Crippen LogP contribution in [0.2, 0.25) is 0 Å². The number of nitrogens with zero attached hydrogens (tertiary/aromatic N) is 3. The molecule has 106 valence electrons. The second kappa shape index (κ2) is 5.58.